The summed E-state index contributed by atoms with van der Waals surface area (Å²) in [5, 5.41) is 0. The van der Waals surface area contributed by atoms with Crippen molar-refractivity contribution < 1.29 is 0 Å². The van der Waals surface area contributed by atoms with Crippen LogP contribution in [0, 0.1) is 0 Å². The summed E-state index contributed by atoms with van der Waals surface area (Å²) in [5.41, 5.74) is 16.8. The van der Waals surface area contributed by atoms with Crippen molar-refractivity contribution in [1.29, 1.82) is 0 Å². The largest absolute Gasteiger partial charge is 0.399 e. The van der Waals surface area contributed by atoms with Gasteiger partial charge in [0.15, 0.2) is 0 Å². The minimum absolute atomic E-state index is 0. The normalized spacial score (nSPS) is 9.45. The van der Waals surface area contributed by atoms with E-state index in [0.29, 0.717) is 0 Å². The maximum absolute atomic E-state index is 5.98. The Hall–Kier alpha value is -1.38. The van der Waals surface area contributed by atoms with Gasteiger partial charge < -0.3 is 11.5 Å². The summed E-state index contributed by atoms with van der Waals surface area (Å²) in [5.74, 6) is 0. The first-order valence-electron chi connectivity index (χ1n) is 6.45. The molecule has 4 N–H and O–H groups in total. The predicted molar refractivity (Wildman–Crippen MR) is 93.8 cm³/mol. The molecule has 0 aromatic heterocycles. The standard InChI is InChI=1S/C16H20N2.2ClH/c1-2-3-4-12-5-7-13(8-6-12)15-11-14(17)9-10-16(15)18;;/h5-11H,2-4,17-18H2,1H3;2*1H. The lowest BCUT2D eigenvalue weighted by molar-refractivity contribution is 0.795. The third kappa shape index (κ3) is 4.62. The maximum atomic E-state index is 5.98. The highest BCUT2D eigenvalue weighted by atomic mass is 35.5. The SMILES string of the molecule is CCCCc1ccc(-c2cc(N)ccc2N)cc1.Cl.Cl. The second kappa shape index (κ2) is 8.72. The Bertz CT molecular complexity index is 525. The summed E-state index contributed by atoms with van der Waals surface area (Å²) in [6, 6.07) is 14.2. The molecular formula is C16H22Cl2N2. The number of hydrogen-bond acceptors (Lipinski definition) is 2. The Morgan fingerprint density at radius 1 is 0.900 bits per heavy atom. The molecule has 0 aliphatic heterocycles. The molecule has 0 spiro atoms. The lowest BCUT2D eigenvalue weighted by atomic mass is 10.00. The lowest BCUT2D eigenvalue weighted by Crippen LogP contribution is -1.93. The quantitative estimate of drug-likeness (QED) is 0.804. The van der Waals surface area contributed by atoms with Crippen LogP contribution in [0.2, 0.25) is 0 Å². The Balaban J connectivity index is 0.00000180. The van der Waals surface area contributed by atoms with E-state index in [-0.39, 0.29) is 24.8 Å². The van der Waals surface area contributed by atoms with Gasteiger partial charge in [-0.05, 0) is 42.2 Å². The van der Waals surface area contributed by atoms with Crippen molar-refractivity contribution in [3.05, 3.63) is 48.0 Å². The first-order chi connectivity index (χ1) is 8.70. The van der Waals surface area contributed by atoms with E-state index in [1.165, 1.54) is 18.4 Å². The van der Waals surface area contributed by atoms with E-state index in [4.69, 9.17) is 11.5 Å². The average molecular weight is 313 g/mol. The fraction of sp³-hybridized carbons (Fsp3) is 0.250. The summed E-state index contributed by atoms with van der Waals surface area (Å²) in [6.45, 7) is 2.21. The number of hydrogen-bond donors (Lipinski definition) is 2. The van der Waals surface area contributed by atoms with Gasteiger partial charge in [-0.25, -0.2) is 0 Å². The third-order valence-corrected chi connectivity index (χ3v) is 3.16. The van der Waals surface area contributed by atoms with E-state index in [1.807, 2.05) is 18.2 Å². The van der Waals surface area contributed by atoms with Gasteiger partial charge in [0, 0.05) is 16.9 Å². The molecule has 0 unspecified atom stereocenters. The molecule has 0 fully saturated rings. The van der Waals surface area contributed by atoms with Crippen molar-refractivity contribution in [3.63, 3.8) is 0 Å². The molecule has 4 heteroatoms. The number of benzene rings is 2. The number of unbranched alkanes of at least 4 members (excludes halogenated alkanes) is 1. The van der Waals surface area contributed by atoms with Crippen LogP contribution in [0.4, 0.5) is 11.4 Å². The number of nitrogens with two attached hydrogens (primary N) is 2. The number of nitrogen functional groups attached to an aromatic ring is 2. The van der Waals surface area contributed by atoms with E-state index in [2.05, 4.69) is 31.2 Å². The molecular weight excluding hydrogens is 291 g/mol. The van der Waals surface area contributed by atoms with Gasteiger partial charge in [0.1, 0.15) is 0 Å². The van der Waals surface area contributed by atoms with Crippen molar-refractivity contribution >= 4 is 36.2 Å². The Kier molecular flexibility index (Phi) is 8.12. The van der Waals surface area contributed by atoms with E-state index in [9.17, 15) is 0 Å². The minimum Gasteiger partial charge on any atom is -0.399 e. The second-order valence-corrected chi connectivity index (χ2v) is 4.65. The molecule has 110 valence electrons. The zero-order valence-electron chi connectivity index (χ0n) is 11.6. The molecule has 0 aliphatic rings. The van der Waals surface area contributed by atoms with Crippen LogP contribution in [0.1, 0.15) is 25.3 Å². The van der Waals surface area contributed by atoms with Crippen LogP contribution in [0.15, 0.2) is 42.5 Å². The number of anilines is 2. The van der Waals surface area contributed by atoms with Crippen LogP contribution in [0.5, 0.6) is 0 Å². The summed E-state index contributed by atoms with van der Waals surface area (Å²) < 4.78 is 0. The molecule has 2 aromatic rings. The van der Waals surface area contributed by atoms with E-state index in [1.54, 1.807) is 0 Å². The lowest BCUT2D eigenvalue weighted by Gasteiger charge is -2.08. The molecule has 2 nitrogen and oxygen atoms in total. The van der Waals surface area contributed by atoms with E-state index < -0.39 is 0 Å². The van der Waals surface area contributed by atoms with Crippen LogP contribution < -0.4 is 11.5 Å². The van der Waals surface area contributed by atoms with Crippen LogP contribution in [0.25, 0.3) is 11.1 Å². The monoisotopic (exact) mass is 312 g/mol. The molecule has 0 bridgehead atoms. The van der Waals surface area contributed by atoms with Gasteiger partial charge in [-0.1, -0.05) is 37.6 Å². The first kappa shape index (κ1) is 18.6. The molecule has 0 saturated heterocycles. The Morgan fingerprint density at radius 3 is 2.15 bits per heavy atom. The first-order valence-corrected chi connectivity index (χ1v) is 6.45. The minimum atomic E-state index is 0. The Labute approximate surface area is 133 Å². The van der Waals surface area contributed by atoms with Crippen molar-refractivity contribution in [1.82, 2.24) is 0 Å². The van der Waals surface area contributed by atoms with E-state index in [0.717, 1.165) is 28.9 Å². The van der Waals surface area contributed by atoms with Crippen LogP contribution in [0.3, 0.4) is 0 Å². The summed E-state index contributed by atoms with van der Waals surface area (Å²) in [4.78, 5) is 0. The molecule has 0 atom stereocenters. The van der Waals surface area contributed by atoms with Gasteiger partial charge in [0.05, 0.1) is 0 Å². The van der Waals surface area contributed by atoms with Gasteiger partial charge in [-0.3, -0.25) is 0 Å². The van der Waals surface area contributed by atoms with Gasteiger partial charge in [0.2, 0.25) is 0 Å². The van der Waals surface area contributed by atoms with Gasteiger partial charge in [-0.2, -0.15) is 0 Å². The molecule has 0 saturated carbocycles. The van der Waals surface area contributed by atoms with Crippen LogP contribution >= 0.6 is 24.8 Å². The third-order valence-electron chi connectivity index (χ3n) is 3.16. The fourth-order valence-corrected chi connectivity index (χ4v) is 2.06. The van der Waals surface area contributed by atoms with Crippen molar-refractivity contribution in [3.8, 4) is 11.1 Å². The van der Waals surface area contributed by atoms with Gasteiger partial charge >= 0.3 is 0 Å². The molecule has 20 heavy (non-hydrogen) atoms. The highest BCUT2D eigenvalue weighted by Gasteiger charge is 2.03. The predicted octanol–water partition coefficient (Wildman–Crippen LogP) is 4.70. The zero-order valence-corrected chi connectivity index (χ0v) is 13.3. The fourth-order valence-electron chi connectivity index (χ4n) is 2.06. The Morgan fingerprint density at radius 2 is 1.55 bits per heavy atom. The highest BCUT2D eigenvalue weighted by Crippen LogP contribution is 2.28. The van der Waals surface area contributed by atoms with Crippen molar-refractivity contribution in [2.75, 3.05) is 11.5 Å². The average Bonchev–Trinajstić information content (AvgIpc) is 2.40. The number of aryl methyl sites for hydroxylation is 1. The molecule has 2 rings (SSSR count). The number of rotatable bonds is 4. The van der Waals surface area contributed by atoms with Crippen LogP contribution in [-0.4, -0.2) is 0 Å². The van der Waals surface area contributed by atoms with Crippen LogP contribution in [-0.2, 0) is 6.42 Å². The van der Waals surface area contributed by atoms with Gasteiger partial charge in [0.25, 0.3) is 0 Å². The maximum Gasteiger partial charge on any atom is 0.0395 e. The highest BCUT2D eigenvalue weighted by molar-refractivity contribution is 5.85. The van der Waals surface area contributed by atoms with Crippen molar-refractivity contribution in [2.45, 2.75) is 26.2 Å². The van der Waals surface area contributed by atoms with Gasteiger partial charge in [-0.15, -0.1) is 24.8 Å². The summed E-state index contributed by atoms with van der Waals surface area (Å²) in [7, 11) is 0. The number of halogens is 2. The zero-order chi connectivity index (χ0) is 13.0. The molecule has 2 aromatic carbocycles. The smallest absolute Gasteiger partial charge is 0.0395 e. The molecule has 0 aliphatic carbocycles. The second-order valence-electron chi connectivity index (χ2n) is 4.65. The molecule has 0 radical (unpaired) electrons. The van der Waals surface area contributed by atoms with Crippen molar-refractivity contribution in [2.24, 2.45) is 0 Å². The summed E-state index contributed by atoms with van der Waals surface area (Å²) in [6.07, 6.45) is 3.60. The topological polar surface area (TPSA) is 52.0 Å². The molecule has 0 amide bonds. The summed E-state index contributed by atoms with van der Waals surface area (Å²) >= 11 is 0. The van der Waals surface area contributed by atoms with E-state index >= 15 is 0 Å². The molecule has 0 heterocycles.